The summed E-state index contributed by atoms with van der Waals surface area (Å²) in [5.74, 6) is 0.894. The van der Waals surface area contributed by atoms with Gasteiger partial charge in [-0.25, -0.2) is 0 Å². The van der Waals surface area contributed by atoms with Gasteiger partial charge < -0.3 is 19.7 Å². The Balaban J connectivity index is 0.00000243. The fraction of sp³-hybridized carbons (Fsp3) is 0.429. The lowest BCUT2D eigenvalue weighted by Gasteiger charge is -2.35. The van der Waals surface area contributed by atoms with Crippen LogP contribution in [0.5, 0.6) is 5.75 Å². The lowest BCUT2D eigenvalue weighted by atomic mass is 10.1. The van der Waals surface area contributed by atoms with Crippen molar-refractivity contribution in [2.24, 2.45) is 0 Å². The summed E-state index contributed by atoms with van der Waals surface area (Å²) in [6.45, 7) is 7.79. The molecule has 1 aliphatic rings. The number of methoxy groups -OCH3 is 1. The molecular formula is C21H29ClN2O2. The molecule has 1 unspecified atom stereocenters. The van der Waals surface area contributed by atoms with Gasteiger partial charge in [-0.1, -0.05) is 24.3 Å². The minimum Gasteiger partial charge on any atom is -0.497 e. The third-order valence-electron chi connectivity index (χ3n) is 4.75. The van der Waals surface area contributed by atoms with E-state index in [1.165, 1.54) is 16.8 Å². The van der Waals surface area contributed by atoms with Crippen LogP contribution in [0.15, 0.2) is 48.5 Å². The van der Waals surface area contributed by atoms with Crippen LogP contribution in [-0.2, 0) is 4.74 Å². The average molecular weight is 377 g/mol. The van der Waals surface area contributed by atoms with Crippen molar-refractivity contribution in [3.8, 4) is 5.75 Å². The highest BCUT2D eigenvalue weighted by Gasteiger charge is 2.21. The van der Waals surface area contributed by atoms with E-state index < -0.39 is 0 Å². The summed E-state index contributed by atoms with van der Waals surface area (Å²) in [6.07, 6.45) is 0.197. The standard InChI is InChI=1S/C21H28N2O2.ClH/c1-16-6-4-8-19(12-16)23-10-11-25-21(15-23)14-22-17(2)18-7-5-9-20(13-18)24-3;/h4-9,12-13,17,21-22H,10-11,14-15H2,1-3H3;1H/t17-,21?;/m1./s1. The van der Waals surface area contributed by atoms with Crippen LogP contribution >= 0.6 is 12.4 Å². The summed E-state index contributed by atoms with van der Waals surface area (Å²) >= 11 is 0. The van der Waals surface area contributed by atoms with E-state index in [0.29, 0.717) is 0 Å². The van der Waals surface area contributed by atoms with Gasteiger partial charge in [0.25, 0.3) is 0 Å². The topological polar surface area (TPSA) is 33.7 Å². The van der Waals surface area contributed by atoms with Gasteiger partial charge in [0.2, 0.25) is 0 Å². The number of aryl methyl sites for hydroxylation is 1. The molecular weight excluding hydrogens is 348 g/mol. The van der Waals surface area contributed by atoms with E-state index in [-0.39, 0.29) is 24.6 Å². The summed E-state index contributed by atoms with van der Waals surface area (Å²) in [5, 5.41) is 3.60. The van der Waals surface area contributed by atoms with Crippen LogP contribution in [-0.4, -0.2) is 39.5 Å². The molecule has 0 aromatic heterocycles. The SMILES string of the molecule is COc1cccc([C@@H](C)NCC2CN(c3cccc(C)c3)CCO2)c1.Cl. The van der Waals surface area contributed by atoms with Crippen molar-refractivity contribution in [2.45, 2.75) is 26.0 Å². The molecule has 1 heterocycles. The van der Waals surface area contributed by atoms with E-state index >= 15 is 0 Å². The van der Waals surface area contributed by atoms with Gasteiger partial charge in [-0.2, -0.15) is 0 Å². The highest BCUT2D eigenvalue weighted by atomic mass is 35.5. The molecule has 26 heavy (non-hydrogen) atoms. The maximum atomic E-state index is 5.96. The van der Waals surface area contributed by atoms with Crippen molar-refractivity contribution >= 4 is 18.1 Å². The maximum absolute atomic E-state index is 5.96. The Kier molecular flexibility index (Phi) is 7.76. The maximum Gasteiger partial charge on any atom is 0.119 e. The van der Waals surface area contributed by atoms with Gasteiger partial charge in [-0.15, -0.1) is 12.4 Å². The third-order valence-corrected chi connectivity index (χ3v) is 4.75. The minimum absolute atomic E-state index is 0. The molecule has 1 saturated heterocycles. The zero-order valence-electron chi connectivity index (χ0n) is 15.8. The minimum atomic E-state index is 0. The Hall–Kier alpha value is -1.75. The summed E-state index contributed by atoms with van der Waals surface area (Å²) in [5.41, 5.74) is 3.81. The number of rotatable bonds is 6. The quantitative estimate of drug-likeness (QED) is 0.826. The lowest BCUT2D eigenvalue weighted by molar-refractivity contribution is 0.0394. The summed E-state index contributed by atoms with van der Waals surface area (Å²) in [7, 11) is 1.70. The molecule has 4 nitrogen and oxygen atoms in total. The van der Waals surface area contributed by atoms with Crippen LogP contribution in [0.2, 0.25) is 0 Å². The van der Waals surface area contributed by atoms with Crippen molar-refractivity contribution in [1.82, 2.24) is 5.32 Å². The number of benzene rings is 2. The molecule has 0 amide bonds. The van der Waals surface area contributed by atoms with Gasteiger partial charge in [0.05, 0.1) is 19.8 Å². The first-order chi connectivity index (χ1) is 12.2. The largest absolute Gasteiger partial charge is 0.497 e. The van der Waals surface area contributed by atoms with Gasteiger partial charge in [-0.3, -0.25) is 0 Å². The predicted octanol–water partition coefficient (Wildman–Crippen LogP) is 3.98. The summed E-state index contributed by atoms with van der Waals surface area (Å²) in [4.78, 5) is 2.42. The first-order valence-corrected chi connectivity index (χ1v) is 8.96. The number of nitrogens with one attached hydrogen (secondary N) is 1. The van der Waals surface area contributed by atoms with Crippen LogP contribution in [0, 0.1) is 6.92 Å². The van der Waals surface area contributed by atoms with Gasteiger partial charge in [0.15, 0.2) is 0 Å². The Morgan fingerprint density at radius 3 is 2.81 bits per heavy atom. The average Bonchev–Trinajstić information content (AvgIpc) is 2.66. The molecule has 2 aromatic rings. The second-order valence-corrected chi connectivity index (χ2v) is 6.68. The zero-order chi connectivity index (χ0) is 17.6. The zero-order valence-corrected chi connectivity index (χ0v) is 16.6. The van der Waals surface area contributed by atoms with Gasteiger partial charge in [0, 0.05) is 31.4 Å². The monoisotopic (exact) mass is 376 g/mol. The molecule has 1 N–H and O–H groups in total. The molecule has 2 atom stereocenters. The number of morpholine rings is 1. The van der Waals surface area contributed by atoms with E-state index in [1.807, 2.05) is 12.1 Å². The fourth-order valence-electron chi connectivity index (χ4n) is 3.24. The van der Waals surface area contributed by atoms with Crippen molar-refractivity contribution in [2.75, 3.05) is 38.3 Å². The van der Waals surface area contributed by atoms with Crippen molar-refractivity contribution < 1.29 is 9.47 Å². The highest BCUT2D eigenvalue weighted by Crippen LogP contribution is 2.21. The van der Waals surface area contributed by atoms with Crippen molar-refractivity contribution in [3.63, 3.8) is 0 Å². The Labute approximate surface area is 162 Å². The Bertz CT molecular complexity index is 695. The van der Waals surface area contributed by atoms with Gasteiger partial charge >= 0.3 is 0 Å². The molecule has 1 fully saturated rings. The number of halogens is 1. The Morgan fingerprint density at radius 1 is 1.23 bits per heavy atom. The smallest absolute Gasteiger partial charge is 0.119 e. The molecule has 2 aromatic carbocycles. The highest BCUT2D eigenvalue weighted by molar-refractivity contribution is 5.85. The van der Waals surface area contributed by atoms with Crippen molar-refractivity contribution in [1.29, 1.82) is 0 Å². The van der Waals surface area contributed by atoms with Crippen molar-refractivity contribution in [3.05, 3.63) is 59.7 Å². The molecule has 0 aliphatic carbocycles. The van der Waals surface area contributed by atoms with E-state index in [0.717, 1.165) is 32.0 Å². The Morgan fingerprint density at radius 2 is 2.04 bits per heavy atom. The predicted molar refractivity (Wildman–Crippen MR) is 110 cm³/mol. The number of hydrogen-bond donors (Lipinski definition) is 1. The normalized spacial score (nSPS) is 18.1. The molecule has 142 valence electrons. The molecule has 0 spiro atoms. The van der Waals surface area contributed by atoms with Crippen LogP contribution in [0.1, 0.15) is 24.1 Å². The van der Waals surface area contributed by atoms with Crippen LogP contribution in [0.3, 0.4) is 0 Å². The van der Waals surface area contributed by atoms with Gasteiger partial charge in [0.1, 0.15) is 5.75 Å². The second kappa shape index (κ2) is 9.81. The number of nitrogens with zero attached hydrogens (tertiary/aromatic N) is 1. The summed E-state index contributed by atoms with van der Waals surface area (Å²) < 4.78 is 11.3. The molecule has 5 heteroatoms. The van der Waals surface area contributed by atoms with Crippen LogP contribution in [0.4, 0.5) is 5.69 Å². The fourth-order valence-corrected chi connectivity index (χ4v) is 3.24. The lowest BCUT2D eigenvalue weighted by Crippen LogP contribution is -2.47. The molecule has 0 radical (unpaired) electrons. The second-order valence-electron chi connectivity index (χ2n) is 6.68. The van der Waals surface area contributed by atoms with E-state index in [2.05, 4.69) is 60.5 Å². The molecule has 1 aliphatic heterocycles. The molecule has 0 saturated carbocycles. The van der Waals surface area contributed by atoms with Gasteiger partial charge in [-0.05, 0) is 49.2 Å². The first-order valence-electron chi connectivity index (χ1n) is 8.96. The number of hydrogen-bond acceptors (Lipinski definition) is 4. The number of ether oxygens (including phenoxy) is 2. The summed E-state index contributed by atoms with van der Waals surface area (Å²) in [6, 6.07) is 17.2. The van der Waals surface area contributed by atoms with E-state index in [9.17, 15) is 0 Å². The van der Waals surface area contributed by atoms with E-state index in [1.54, 1.807) is 7.11 Å². The molecule has 3 rings (SSSR count). The molecule has 0 bridgehead atoms. The first kappa shape index (κ1) is 20.6. The van der Waals surface area contributed by atoms with Crippen LogP contribution in [0.25, 0.3) is 0 Å². The van der Waals surface area contributed by atoms with Crippen LogP contribution < -0.4 is 15.0 Å². The number of anilines is 1. The van der Waals surface area contributed by atoms with E-state index in [4.69, 9.17) is 9.47 Å². The third kappa shape index (κ3) is 5.37.